The summed E-state index contributed by atoms with van der Waals surface area (Å²) in [5.74, 6) is -0.716. The highest BCUT2D eigenvalue weighted by Gasteiger charge is 2.40. The van der Waals surface area contributed by atoms with E-state index in [0.717, 1.165) is 12.3 Å². The van der Waals surface area contributed by atoms with Crippen molar-refractivity contribution in [2.75, 3.05) is 17.7 Å². The van der Waals surface area contributed by atoms with Crippen molar-refractivity contribution in [1.82, 2.24) is 34.7 Å². The number of aromatic nitrogens is 7. The molecule has 0 saturated heterocycles. The summed E-state index contributed by atoms with van der Waals surface area (Å²) in [7, 11) is 1.60. The fourth-order valence-corrected chi connectivity index (χ4v) is 2.99. The SMILES string of the molecule is CNc1cc(NC(=O)c2cnn(-c3ccnc(C#N)c3)c2C(F)(F)F)cnc1-n1nccn1. The van der Waals surface area contributed by atoms with Gasteiger partial charge in [-0.2, -0.15) is 33.7 Å². The highest BCUT2D eigenvalue weighted by molar-refractivity contribution is 6.05. The van der Waals surface area contributed by atoms with Crippen molar-refractivity contribution in [3.63, 3.8) is 0 Å². The Balaban J connectivity index is 1.69. The lowest BCUT2D eigenvalue weighted by Gasteiger charge is -2.13. The number of anilines is 2. The van der Waals surface area contributed by atoms with Gasteiger partial charge in [0.1, 0.15) is 11.8 Å². The lowest BCUT2D eigenvalue weighted by atomic mass is 10.2. The minimum absolute atomic E-state index is 0.0665. The van der Waals surface area contributed by atoms with E-state index in [9.17, 15) is 18.0 Å². The largest absolute Gasteiger partial charge is 0.434 e. The zero-order valence-corrected chi connectivity index (χ0v) is 16.7. The summed E-state index contributed by atoms with van der Waals surface area (Å²) in [6, 6.07) is 5.60. The Morgan fingerprint density at radius 2 is 1.85 bits per heavy atom. The van der Waals surface area contributed by atoms with E-state index in [4.69, 9.17) is 5.26 Å². The Labute approximate surface area is 183 Å². The molecule has 0 aliphatic heterocycles. The van der Waals surface area contributed by atoms with Gasteiger partial charge in [0.05, 0.1) is 47.4 Å². The third kappa shape index (κ3) is 4.19. The fraction of sp³-hybridized carbons (Fsp3) is 0.105. The van der Waals surface area contributed by atoms with Crippen molar-refractivity contribution in [2.24, 2.45) is 0 Å². The molecule has 2 N–H and O–H groups in total. The first-order valence-electron chi connectivity index (χ1n) is 9.19. The zero-order chi connectivity index (χ0) is 23.6. The summed E-state index contributed by atoms with van der Waals surface area (Å²) in [6.45, 7) is 0. The minimum atomic E-state index is -4.91. The monoisotopic (exact) mass is 454 g/mol. The van der Waals surface area contributed by atoms with Crippen LogP contribution >= 0.6 is 0 Å². The van der Waals surface area contributed by atoms with Gasteiger partial charge >= 0.3 is 6.18 Å². The first-order valence-corrected chi connectivity index (χ1v) is 9.19. The summed E-state index contributed by atoms with van der Waals surface area (Å²) in [5.41, 5.74) is -1.60. The van der Waals surface area contributed by atoms with Crippen LogP contribution in [-0.4, -0.2) is 47.7 Å². The number of carbonyl (C=O) groups excluding carboxylic acids is 1. The molecule has 11 nitrogen and oxygen atoms in total. The number of nitriles is 1. The molecule has 0 atom stereocenters. The van der Waals surface area contributed by atoms with Crippen LogP contribution in [-0.2, 0) is 6.18 Å². The van der Waals surface area contributed by atoms with E-state index in [2.05, 4.69) is 35.9 Å². The molecule has 0 aliphatic carbocycles. The normalized spacial score (nSPS) is 11.1. The number of pyridine rings is 2. The number of amides is 1. The van der Waals surface area contributed by atoms with Crippen LogP contribution in [0.15, 0.2) is 49.2 Å². The van der Waals surface area contributed by atoms with Gasteiger partial charge in [0.2, 0.25) is 0 Å². The Morgan fingerprint density at radius 3 is 2.52 bits per heavy atom. The van der Waals surface area contributed by atoms with E-state index in [1.807, 2.05) is 0 Å². The molecule has 4 aromatic heterocycles. The second-order valence-electron chi connectivity index (χ2n) is 6.45. The van der Waals surface area contributed by atoms with Crippen LogP contribution < -0.4 is 10.6 Å². The number of hydrogen-bond donors (Lipinski definition) is 2. The van der Waals surface area contributed by atoms with Crippen LogP contribution in [0.2, 0.25) is 0 Å². The predicted molar refractivity (Wildman–Crippen MR) is 108 cm³/mol. The number of alkyl halides is 3. The summed E-state index contributed by atoms with van der Waals surface area (Å²) < 4.78 is 42.2. The molecule has 0 aliphatic rings. The van der Waals surface area contributed by atoms with Gasteiger partial charge < -0.3 is 10.6 Å². The molecule has 166 valence electrons. The van der Waals surface area contributed by atoms with Crippen LogP contribution in [0.1, 0.15) is 21.7 Å². The predicted octanol–water partition coefficient (Wildman–Crippen LogP) is 2.43. The third-order valence-corrected chi connectivity index (χ3v) is 4.39. The molecule has 33 heavy (non-hydrogen) atoms. The molecule has 4 aromatic rings. The van der Waals surface area contributed by atoms with E-state index in [1.165, 1.54) is 41.7 Å². The van der Waals surface area contributed by atoms with E-state index < -0.39 is 23.3 Å². The van der Waals surface area contributed by atoms with Crippen molar-refractivity contribution >= 4 is 17.3 Å². The topological polar surface area (TPSA) is 139 Å². The standard InChI is InChI=1S/C19H13F3N10O/c1-24-15-7-12(9-26-17(15)32-27-4-5-28-32)30-18(33)14-10-29-31(16(14)19(20,21)22)13-2-3-25-11(6-13)8-23/h2-7,9-10,24H,1H3,(H,30,33). The quantitative estimate of drug-likeness (QED) is 0.469. The Morgan fingerprint density at radius 1 is 1.09 bits per heavy atom. The molecule has 0 unspecified atom stereocenters. The van der Waals surface area contributed by atoms with Crippen molar-refractivity contribution in [2.45, 2.75) is 6.18 Å². The van der Waals surface area contributed by atoms with Gasteiger partial charge in [0.25, 0.3) is 5.91 Å². The van der Waals surface area contributed by atoms with Gasteiger partial charge in [-0.1, -0.05) is 0 Å². The van der Waals surface area contributed by atoms with Crippen LogP contribution in [0.3, 0.4) is 0 Å². The Hall–Kier alpha value is -4.80. The number of nitrogens with one attached hydrogen (secondary N) is 2. The third-order valence-electron chi connectivity index (χ3n) is 4.39. The van der Waals surface area contributed by atoms with E-state index in [1.54, 1.807) is 13.1 Å². The maximum atomic E-state index is 13.9. The minimum Gasteiger partial charge on any atom is -0.385 e. The first kappa shape index (κ1) is 21.4. The maximum Gasteiger partial charge on any atom is 0.434 e. The number of rotatable bonds is 5. The zero-order valence-electron chi connectivity index (χ0n) is 16.7. The first-order chi connectivity index (χ1) is 15.8. The van der Waals surface area contributed by atoms with Crippen molar-refractivity contribution in [3.8, 4) is 17.6 Å². The van der Waals surface area contributed by atoms with Crippen molar-refractivity contribution in [3.05, 3.63) is 66.1 Å². The van der Waals surface area contributed by atoms with Gasteiger partial charge in [-0.05, 0) is 12.1 Å². The van der Waals surface area contributed by atoms with Gasteiger partial charge in [0.15, 0.2) is 11.5 Å². The average Bonchev–Trinajstić information content (AvgIpc) is 3.49. The number of carbonyl (C=O) groups is 1. The van der Waals surface area contributed by atoms with Gasteiger partial charge in [-0.3, -0.25) is 4.79 Å². The molecular weight excluding hydrogens is 441 g/mol. The van der Waals surface area contributed by atoms with Crippen LogP contribution in [0.25, 0.3) is 11.5 Å². The van der Waals surface area contributed by atoms with Crippen LogP contribution in [0, 0.1) is 11.3 Å². The molecule has 1 amide bonds. The lowest BCUT2D eigenvalue weighted by Crippen LogP contribution is -2.21. The molecule has 0 spiro atoms. The molecule has 4 rings (SSSR count). The summed E-state index contributed by atoms with van der Waals surface area (Å²) in [4.78, 5) is 21.9. The number of nitrogens with zero attached hydrogens (tertiary/aromatic N) is 8. The molecular formula is C19H13F3N10O. The second-order valence-corrected chi connectivity index (χ2v) is 6.45. The number of hydrogen-bond acceptors (Lipinski definition) is 8. The Bertz CT molecular complexity index is 1360. The maximum absolute atomic E-state index is 13.9. The van der Waals surface area contributed by atoms with E-state index in [-0.39, 0.29) is 17.1 Å². The molecule has 0 fully saturated rings. The molecule has 14 heteroatoms. The lowest BCUT2D eigenvalue weighted by molar-refractivity contribution is -0.143. The van der Waals surface area contributed by atoms with Gasteiger partial charge in [-0.25, -0.2) is 14.6 Å². The summed E-state index contributed by atoms with van der Waals surface area (Å²) in [5, 5.41) is 25.9. The van der Waals surface area contributed by atoms with Gasteiger partial charge in [-0.15, -0.1) is 4.80 Å². The Kier molecular flexibility index (Phi) is 5.44. The molecule has 0 saturated carbocycles. The average molecular weight is 454 g/mol. The van der Waals surface area contributed by atoms with E-state index in [0.29, 0.717) is 16.2 Å². The van der Waals surface area contributed by atoms with E-state index >= 15 is 0 Å². The summed E-state index contributed by atoms with van der Waals surface area (Å²) >= 11 is 0. The van der Waals surface area contributed by atoms with Gasteiger partial charge in [0, 0.05) is 19.3 Å². The second kappa shape index (κ2) is 8.38. The molecule has 4 heterocycles. The van der Waals surface area contributed by atoms with Crippen molar-refractivity contribution in [1.29, 1.82) is 5.26 Å². The highest BCUT2D eigenvalue weighted by Crippen LogP contribution is 2.34. The number of halogens is 3. The summed E-state index contributed by atoms with van der Waals surface area (Å²) in [6.07, 6.45) is 1.24. The smallest absolute Gasteiger partial charge is 0.385 e. The fourth-order valence-electron chi connectivity index (χ4n) is 2.99. The van der Waals surface area contributed by atoms with Crippen molar-refractivity contribution < 1.29 is 18.0 Å². The van der Waals surface area contributed by atoms with Crippen LogP contribution in [0.5, 0.6) is 0 Å². The molecule has 0 radical (unpaired) electrons. The highest BCUT2D eigenvalue weighted by atomic mass is 19.4. The van der Waals surface area contributed by atoms with Crippen LogP contribution in [0.4, 0.5) is 24.5 Å². The molecule has 0 aromatic carbocycles. The molecule has 0 bridgehead atoms.